The lowest BCUT2D eigenvalue weighted by Gasteiger charge is -2.10. The predicted octanol–water partition coefficient (Wildman–Crippen LogP) is 0.732. The molecule has 0 heterocycles. The maximum Gasteiger partial charge on any atom is 0.238 e. The van der Waals surface area contributed by atoms with Crippen LogP contribution in [-0.4, -0.2) is 22.6 Å². The van der Waals surface area contributed by atoms with Gasteiger partial charge in [0.15, 0.2) is 0 Å². The van der Waals surface area contributed by atoms with Gasteiger partial charge in [0, 0.05) is 5.69 Å². The van der Waals surface area contributed by atoms with Gasteiger partial charge in [-0.3, -0.25) is 4.72 Å². The lowest BCUT2D eigenvalue weighted by atomic mass is 10.3. The molecular weight excluding hydrogens is 276 g/mol. The molecule has 0 atom stereocenters. The van der Waals surface area contributed by atoms with E-state index in [0.29, 0.717) is 0 Å². The Morgan fingerprint density at radius 2 is 1.83 bits per heavy atom. The van der Waals surface area contributed by atoms with Crippen LogP contribution in [0.5, 0.6) is 0 Å². The number of nitrogens with two attached hydrogens (primary N) is 1. The summed E-state index contributed by atoms with van der Waals surface area (Å²) >= 11 is 0. The van der Waals surface area contributed by atoms with Gasteiger partial charge >= 0.3 is 0 Å². The van der Waals surface area contributed by atoms with Crippen molar-refractivity contribution in [2.24, 2.45) is 11.1 Å². The molecule has 3 N–H and O–H groups in total. The monoisotopic (exact) mass is 292 g/mol. The number of anilines is 1. The van der Waals surface area contributed by atoms with Crippen molar-refractivity contribution in [3.05, 3.63) is 24.3 Å². The zero-order valence-electron chi connectivity index (χ0n) is 10.1. The van der Waals surface area contributed by atoms with E-state index in [-0.39, 0.29) is 22.3 Å². The highest BCUT2D eigenvalue weighted by Crippen LogP contribution is 2.16. The minimum absolute atomic E-state index is 0.0241. The van der Waals surface area contributed by atoms with E-state index >= 15 is 0 Å². The first-order valence-electron chi connectivity index (χ1n) is 5.23. The third-order valence-electron chi connectivity index (χ3n) is 1.99. The fourth-order valence-electron chi connectivity index (χ4n) is 1.40. The number of hydrogen-bond acceptors (Lipinski definition) is 4. The standard InChI is InChI=1S/C10H16N2O4S2/c1-8(2)7-17(13,14)12-9-4-3-5-10(6-9)18(11,15)16/h3-6,8,12H,7H2,1-2H3,(H2,11,15,16). The van der Waals surface area contributed by atoms with E-state index < -0.39 is 20.0 Å². The molecule has 0 unspecified atom stereocenters. The van der Waals surface area contributed by atoms with Crippen molar-refractivity contribution < 1.29 is 16.8 Å². The first-order chi connectivity index (χ1) is 8.10. The number of hydrogen-bond donors (Lipinski definition) is 2. The Balaban J connectivity index is 3.00. The minimum atomic E-state index is -3.84. The summed E-state index contributed by atoms with van der Waals surface area (Å²) in [7, 11) is -7.32. The van der Waals surface area contributed by atoms with Gasteiger partial charge < -0.3 is 0 Å². The van der Waals surface area contributed by atoms with E-state index in [9.17, 15) is 16.8 Å². The number of sulfonamides is 2. The predicted molar refractivity (Wildman–Crippen MR) is 70.1 cm³/mol. The molecule has 6 nitrogen and oxygen atoms in total. The quantitative estimate of drug-likeness (QED) is 0.834. The van der Waals surface area contributed by atoms with Gasteiger partial charge in [0.2, 0.25) is 20.0 Å². The Morgan fingerprint density at radius 1 is 1.22 bits per heavy atom. The molecule has 0 aromatic heterocycles. The Kier molecular flexibility index (Phi) is 4.36. The first kappa shape index (κ1) is 14.9. The third-order valence-corrected chi connectivity index (χ3v) is 4.55. The van der Waals surface area contributed by atoms with E-state index in [1.807, 2.05) is 0 Å². The van der Waals surface area contributed by atoms with Crippen LogP contribution in [0.2, 0.25) is 0 Å². The van der Waals surface area contributed by atoms with Gasteiger partial charge in [-0.05, 0) is 24.1 Å². The van der Waals surface area contributed by atoms with Crippen molar-refractivity contribution in [2.75, 3.05) is 10.5 Å². The van der Waals surface area contributed by atoms with Crippen LogP contribution in [0.4, 0.5) is 5.69 Å². The average Bonchev–Trinajstić information content (AvgIpc) is 2.13. The molecule has 0 saturated heterocycles. The van der Waals surface area contributed by atoms with E-state index in [1.54, 1.807) is 13.8 Å². The van der Waals surface area contributed by atoms with Crippen LogP contribution >= 0.6 is 0 Å². The molecule has 1 rings (SSSR count). The lowest BCUT2D eigenvalue weighted by molar-refractivity contribution is 0.587. The molecule has 0 aliphatic carbocycles. The lowest BCUT2D eigenvalue weighted by Crippen LogP contribution is -2.20. The summed E-state index contributed by atoms with van der Waals surface area (Å²) in [6.07, 6.45) is 0. The maximum absolute atomic E-state index is 11.7. The summed E-state index contributed by atoms with van der Waals surface area (Å²) < 4.78 is 47.9. The molecule has 18 heavy (non-hydrogen) atoms. The zero-order chi connectivity index (χ0) is 14.0. The first-order valence-corrected chi connectivity index (χ1v) is 8.43. The van der Waals surface area contributed by atoms with Gasteiger partial charge in [-0.2, -0.15) is 0 Å². The van der Waals surface area contributed by atoms with Crippen molar-refractivity contribution >= 4 is 25.7 Å². The Bertz CT molecular complexity index is 621. The highest BCUT2D eigenvalue weighted by Gasteiger charge is 2.14. The second-order valence-electron chi connectivity index (χ2n) is 4.35. The summed E-state index contributed by atoms with van der Waals surface area (Å²) in [6.45, 7) is 3.56. The Morgan fingerprint density at radius 3 is 2.33 bits per heavy atom. The third kappa shape index (κ3) is 4.63. The molecule has 102 valence electrons. The molecular formula is C10H16N2O4S2. The molecule has 1 aromatic carbocycles. The summed E-state index contributed by atoms with van der Waals surface area (Å²) in [5.74, 6) is -0.0593. The van der Waals surface area contributed by atoms with Crippen LogP contribution in [0, 0.1) is 5.92 Å². The molecule has 0 spiro atoms. The highest BCUT2D eigenvalue weighted by molar-refractivity contribution is 7.92. The average molecular weight is 292 g/mol. The zero-order valence-corrected chi connectivity index (χ0v) is 11.8. The molecule has 0 fully saturated rings. The number of primary sulfonamides is 1. The minimum Gasteiger partial charge on any atom is -0.284 e. The second kappa shape index (κ2) is 5.25. The van der Waals surface area contributed by atoms with E-state index in [1.165, 1.54) is 24.3 Å². The van der Waals surface area contributed by atoms with Crippen LogP contribution in [0.25, 0.3) is 0 Å². The topological polar surface area (TPSA) is 106 Å². The SMILES string of the molecule is CC(C)CS(=O)(=O)Nc1cccc(S(N)(=O)=O)c1. The van der Waals surface area contributed by atoms with Gasteiger partial charge in [0.25, 0.3) is 0 Å². The van der Waals surface area contributed by atoms with Gasteiger partial charge in [-0.15, -0.1) is 0 Å². The summed E-state index contributed by atoms with van der Waals surface area (Å²) in [4.78, 5) is -0.132. The van der Waals surface area contributed by atoms with Gasteiger partial charge in [0.05, 0.1) is 10.6 Å². The van der Waals surface area contributed by atoms with Crippen LogP contribution in [0.15, 0.2) is 29.2 Å². The fraction of sp³-hybridized carbons (Fsp3) is 0.400. The summed E-state index contributed by atoms with van der Waals surface area (Å²) in [5.41, 5.74) is 0.183. The molecule has 0 aliphatic rings. The molecule has 0 bridgehead atoms. The Labute approximate surface area is 107 Å². The van der Waals surface area contributed by atoms with E-state index in [2.05, 4.69) is 4.72 Å². The molecule has 0 aliphatic heterocycles. The van der Waals surface area contributed by atoms with Crippen molar-refractivity contribution in [1.29, 1.82) is 0 Å². The van der Waals surface area contributed by atoms with Crippen molar-refractivity contribution in [3.63, 3.8) is 0 Å². The van der Waals surface area contributed by atoms with Crippen molar-refractivity contribution in [3.8, 4) is 0 Å². The van der Waals surface area contributed by atoms with E-state index in [0.717, 1.165) is 0 Å². The van der Waals surface area contributed by atoms with Crippen LogP contribution in [-0.2, 0) is 20.0 Å². The molecule has 8 heteroatoms. The summed E-state index contributed by atoms with van der Waals surface area (Å²) in [5, 5.41) is 4.97. The smallest absolute Gasteiger partial charge is 0.238 e. The van der Waals surface area contributed by atoms with Crippen LogP contribution in [0.3, 0.4) is 0 Å². The fourth-order valence-corrected chi connectivity index (χ4v) is 3.40. The molecule has 1 aromatic rings. The van der Waals surface area contributed by atoms with Crippen molar-refractivity contribution in [2.45, 2.75) is 18.7 Å². The Hall–Kier alpha value is -1.12. The maximum atomic E-state index is 11.7. The van der Waals surface area contributed by atoms with Crippen molar-refractivity contribution in [1.82, 2.24) is 0 Å². The van der Waals surface area contributed by atoms with Crippen LogP contribution < -0.4 is 9.86 Å². The summed E-state index contributed by atoms with van der Waals surface area (Å²) in [6, 6.07) is 5.38. The molecule has 0 saturated carbocycles. The van der Waals surface area contributed by atoms with Gasteiger partial charge in [0.1, 0.15) is 0 Å². The second-order valence-corrected chi connectivity index (χ2v) is 7.68. The largest absolute Gasteiger partial charge is 0.284 e. The van der Waals surface area contributed by atoms with Crippen LogP contribution in [0.1, 0.15) is 13.8 Å². The number of benzene rings is 1. The van der Waals surface area contributed by atoms with E-state index in [4.69, 9.17) is 5.14 Å². The normalized spacial score (nSPS) is 12.7. The number of nitrogens with one attached hydrogen (secondary N) is 1. The highest BCUT2D eigenvalue weighted by atomic mass is 32.2. The number of rotatable bonds is 5. The molecule has 0 amide bonds. The molecule has 0 radical (unpaired) electrons. The van der Waals surface area contributed by atoms with Gasteiger partial charge in [-0.25, -0.2) is 22.0 Å². The van der Waals surface area contributed by atoms with Gasteiger partial charge in [-0.1, -0.05) is 19.9 Å².